The Morgan fingerprint density at radius 3 is 3.00 bits per heavy atom. The highest BCUT2D eigenvalue weighted by Gasteiger charge is 2.13. The summed E-state index contributed by atoms with van der Waals surface area (Å²) < 4.78 is 10.8. The SMILES string of the molecule is O=C(CI)Nc1ccc2c(c1)OCO2. The molecule has 0 unspecified atom stereocenters. The van der Waals surface area contributed by atoms with E-state index in [2.05, 4.69) is 5.32 Å². The van der Waals surface area contributed by atoms with Crippen LogP contribution in [0.25, 0.3) is 0 Å². The Hall–Kier alpha value is -0.980. The van der Waals surface area contributed by atoms with Crippen LogP contribution in [0, 0.1) is 0 Å². The second kappa shape index (κ2) is 4.04. The van der Waals surface area contributed by atoms with Gasteiger partial charge in [-0.2, -0.15) is 0 Å². The van der Waals surface area contributed by atoms with Crippen LogP contribution >= 0.6 is 22.6 Å². The monoisotopic (exact) mass is 305 g/mol. The Bertz CT molecular complexity index is 367. The molecule has 0 saturated carbocycles. The number of hydrogen-bond acceptors (Lipinski definition) is 3. The van der Waals surface area contributed by atoms with Crippen LogP contribution in [-0.4, -0.2) is 17.1 Å². The molecule has 0 aliphatic carbocycles. The summed E-state index contributed by atoms with van der Waals surface area (Å²) in [6.45, 7) is 0.249. The van der Waals surface area contributed by atoms with Gasteiger partial charge in [-0.3, -0.25) is 4.79 Å². The van der Waals surface area contributed by atoms with Gasteiger partial charge < -0.3 is 14.8 Å². The molecule has 0 aromatic heterocycles. The van der Waals surface area contributed by atoms with Crippen molar-refractivity contribution < 1.29 is 14.3 Å². The van der Waals surface area contributed by atoms with Crippen LogP contribution in [0.4, 0.5) is 5.69 Å². The van der Waals surface area contributed by atoms with Crippen LogP contribution in [0.1, 0.15) is 0 Å². The number of hydrogen-bond donors (Lipinski definition) is 1. The van der Waals surface area contributed by atoms with Gasteiger partial charge in [-0.25, -0.2) is 0 Å². The predicted octanol–water partition coefficient (Wildman–Crippen LogP) is 1.79. The molecule has 0 radical (unpaired) electrons. The van der Waals surface area contributed by atoms with Crippen molar-refractivity contribution in [2.75, 3.05) is 16.5 Å². The van der Waals surface area contributed by atoms with Gasteiger partial charge in [-0.15, -0.1) is 0 Å². The quantitative estimate of drug-likeness (QED) is 0.669. The standard InChI is InChI=1S/C9H8INO3/c10-4-9(12)11-6-1-2-7-8(3-6)14-5-13-7/h1-3H,4-5H2,(H,11,12). The van der Waals surface area contributed by atoms with Crippen molar-refractivity contribution in [1.29, 1.82) is 0 Å². The summed E-state index contributed by atoms with van der Waals surface area (Å²) in [5.74, 6) is 1.37. The van der Waals surface area contributed by atoms with Crippen LogP contribution in [-0.2, 0) is 4.79 Å². The predicted molar refractivity (Wildman–Crippen MR) is 60.1 cm³/mol. The normalized spacial score (nSPS) is 12.6. The molecule has 1 N–H and O–H groups in total. The summed E-state index contributed by atoms with van der Waals surface area (Å²) >= 11 is 2.01. The zero-order chi connectivity index (χ0) is 9.97. The molecule has 1 amide bonds. The van der Waals surface area contributed by atoms with Crippen molar-refractivity contribution in [3.8, 4) is 11.5 Å². The second-order valence-corrected chi connectivity index (χ2v) is 3.51. The van der Waals surface area contributed by atoms with Crippen molar-refractivity contribution in [3.05, 3.63) is 18.2 Å². The second-order valence-electron chi connectivity index (χ2n) is 2.75. The fraction of sp³-hybridized carbons (Fsp3) is 0.222. The third-order valence-corrected chi connectivity index (χ3v) is 2.47. The maximum Gasteiger partial charge on any atom is 0.234 e. The number of benzene rings is 1. The molecule has 2 rings (SSSR count). The van der Waals surface area contributed by atoms with Crippen molar-refractivity contribution in [3.63, 3.8) is 0 Å². The summed E-state index contributed by atoms with van der Waals surface area (Å²) in [6.07, 6.45) is 0. The van der Waals surface area contributed by atoms with Gasteiger partial charge in [-0.1, -0.05) is 22.6 Å². The first-order valence-electron chi connectivity index (χ1n) is 4.05. The van der Waals surface area contributed by atoms with E-state index in [9.17, 15) is 4.79 Å². The van der Waals surface area contributed by atoms with E-state index in [-0.39, 0.29) is 12.7 Å². The number of alkyl halides is 1. The highest BCUT2D eigenvalue weighted by atomic mass is 127. The summed E-state index contributed by atoms with van der Waals surface area (Å²) in [6, 6.07) is 5.33. The average molecular weight is 305 g/mol. The van der Waals surface area contributed by atoms with Gasteiger partial charge in [0.2, 0.25) is 12.7 Å². The molecule has 4 nitrogen and oxygen atoms in total. The molecule has 1 heterocycles. The molecule has 0 spiro atoms. The number of nitrogens with one attached hydrogen (secondary N) is 1. The van der Waals surface area contributed by atoms with Gasteiger partial charge >= 0.3 is 0 Å². The fourth-order valence-corrected chi connectivity index (χ4v) is 1.36. The molecule has 1 aromatic rings. The molecule has 14 heavy (non-hydrogen) atoms. The lowest BCUT2D eigenvalue weighted by molar-refractivity contribution is -0.113. The molecule has 74 valence electrons. The Morgan fingerprint density at radius 2 is 2.21 bits per heavy atom. The molecule has 1 aromatic carbocycles. The van der Waals surface area contributed by atoms with E-state index in [0.29, 0.717) is 10.2 Å². The van der Waals surface area contributed by atoms with Gasteiger partial charge in [0.05, 0.1) is 4.43 Å². The fourth-order valence-electron chi connectivity index (χ4n) is 1.17. The molecule has 1 aliphatic heterocycles. The first-order chi connectivity index (χ1) is 6.79. The van der Waals surface area contributed by atoms with Crippen molar-refractivity contribution >= 4 is 34.2 Å². The van der Waals surface area contributed by atoms with E-state index in [1.165, 1.54) is 0 Å². The molecule has 0 bridgehead atoms. The van der Waals surface area contributed by atoms with Gasteiger partial charge in [0.15, 0.2) is 11.5 Å². The minimum Gasteiger partial charge on any atom is -0.454 e. The lowest BCUT2D eigenvalue weighted by atomic mass is 10.3. The van der Waals surface area contributed by atoms with Gasteiger partial charge in [0, 0.05) is 11.8 Å². The van der Waals surface area contributed by atoms with Crippen LogP contribution in [0.15, 0.2) is 18.2 Å². The molecule has 5 heteroatoms. The highest BCUT2D eigenvalue weighted by Crippen LogP contribution is 2.34. The van der Waals surface area contributed by atoms with E-state index in [1.807, 2.05) is 22.6 Å². The summed E-state index contributed by atoms with van der Waals surface area (Å²) in [5, 5.41) is 2.74. The molecule has 0 atom stereocenters. The Labute approximate surface area is 94.7 Å². The Balaban J connectivity index is 2.16. The van der Waals surface area contributed by atoms with Crippen LogP contribution in [0.3, 0.4) is 0 Å². The van der Waals surface area contributed by atoms with Crippen molar-refractivity contribution in [2.24, 2.45) is 0 Å². The van der Waals surface area contributed by atoms with Crippen LogP contribution in [0.2, 0.25) is 0 Å². The summed E-state index contributed by atoms with van der Waals surface area (Å²) in [5.41, 5.74) is 0.732. The van der Waals surface area contributed by atoms with E-state index < -0.39 is 0 Å². The van der Waals surface area contributed by atoms with E-state index >= 15 is 0 Å². The summed E-state index contributed by atoms with van der Waals surface area (Å²) in [7, 11) is 0. The largest absolute Gasteiger partial charge is 0.454 e. The number of rotatable bonds is 2. The number of carbonyl (C=O) groups excluding carboxylic acids is 1. The van der Waals surface area contributed by atoms with Crippen molar-refractivity contribution in [1.82, 2.24) is 0 Å². The maximum atomic E-state index is 11.1. The third-order valence-electron chi connectivity index (χ3n) is 1.78. The Kier molecular flexibility index (Phi) is 2.76. The number of carbonyl (C=O) groups is 1. The zero-order valence-corrected chi connectivity index (χ0v) is 9.41. The zero-order valence-electron chi connectivity index (χ0n) is 7.25. The maximum absolute atomic E-state index is 11.1. The molecule has 0 saturated heterocycles. The minimum absolute atomic E-state index is 0.0236. The molecule has 0 fully saturated rings. The van der Waals surface area contributed by atoms with Crippen LogP contribution < -0.4 is 14.8 Å². The average Bonchev–Trinajstić information content (AvgIpc) is 2.64. The third kappa shape index (κ3) is 1.92. The number of fused-ring (bicyclic) bond motifs is 1. The number of anilines is 1. The van der Waals surface area contributed by atoms with Gasteiger partial charge in [0.1, 0.15) is 0 Å². The van der Waals surface area contributed by atoms with E-state index in [1.54, 1.807) is 18.2 Å². The lowest BCUT2D eigenvalue weighted by Crippen LogP contribution is -2.11. The van der Waals surface area contributed by atoms with E-state index in [4.69, 9.17) is 9.47 Å². The summed E-state index contributed by atoms with van der Waals surface area (Å²) in [4.78, 5) is 11.1. The molecular weight excluding hydrogens is 297 g/mol. The lowest BCUT2D eigenvalue weighted by Gasteiger charge is -2.03. The van der Waals surface area contributed by atoms with Crippen molar-refractivity contribution in [2.45, 2.75) is 0 Å². The number of ether oxygens (including phenoxy) is 2. The first kappa shape index (κ1) is 9.57. The van der Waals surface area contributed by atoms with Crippen LogP contribution in [0.5, 0.6) is 11.5 Å². The molecule has 1 aliphatic rings. The van der Waals surface area contributed by atoms with Gasteiger partial charge in [0.25, 0.3) is 0 Å². The van der Waals surface area contributed by atoms with Gasteiger partial charge in [-0.05, 0) is 12.1 Å². The highest BCUT2D eigenvalue weighted by molar-refractivity contribution is 14.1. The smallest absolute Gasteiger partial charge is 0.234 e. The number of halogens is 1. The van der Waals surface area contributed by atoms with E-state index in [0.717, 1.165) is 11.4 Å². The Morgan fingerprint density at radius 1 is 1.43 bits per heavy atom. The topological polar surface area (TPSA) is 47.6 Å². The minimum atomic E-state index is -0.0236. The first-order valence-corrected chi connectivity index (χ1v) is 5.57. The molecular formula is C9H8INO3. The number of amides is 1.